The Labute approximate surface area is 53.2 Å². The summed E-state index contributed by atoms with van der Waals surface area (Å²) in [6.07, 6.45) is 0. The summed E-state index contributed by atoms with van der Waals surface area (Å²) in [5.41, 5.74) is 5.07. The molecule has 0 aromatic rings. The average Bonchev–Trinajstić information content (AvgIpc) is 1.83. The van der Waals surface area contributed by atoms with Gasteiger partial charge in [-0.25, -0.2) is 0 Å². The molecule has 0 saturated heterocycles. The number of carbonyl (C=O) groups is 1. The van der Waals surface area contributed by atoms with E-state index in [1.807, 2.05) is 0 Å². The van der Waals surface area contributed by atoms with Crippen LogP contribution in [-0.2, 0) is 4.79 Å². The molecule has 1 amide bonds. The summed E-state index contributed by atoms with van der Waals surface area (Å²) in [4.78, 5) is 10.3. The van der Waals surface area contributed by atoms with Gasteiger partial charge in [-0.05, 0) is 0 Å². The van der Waals surface area contributed by atoms with E-state index in [0.29, 0.717) is 13.1 Å². The molecule has 3 nitrogen and oxygen atoms in total. The zero-order valence-corrected chi connectivity index (χ0v) is 5.24. The van der Waals surface area contributed by atoms with Crippen LogP contribution >= 0.6 is 11.6 Å². The highest BCUT2D eigenvalue weighted by atomic mass is 35.5. The average molecular weight is 137 g/mol. The molecule has 0 saturated carbocycles. The minimum absolute atomic E-state index is 0.0139. The lowest BCUT2D eigenvalue weighted by atomic mass is 10.6. The third-order valence-corrected chi connectivity index (χ3v) is 0.831. The quantitative estimate of drug-likeness (QED) is 0.505. The topological polar surface area (TPSA) is 55.1 Å². The fourth-order valence-corrected chi connectivity index (χ4v) is 0.353. The fraction of sp³-hybridized carbons (Fsp3) is 0.750. The molecule has 0 spiro atoms. The van der Waals surface area contributed by atoms with Gasteiger partial charge in [0.05, 0.1) is 0 Å². The van der Waals surface area contributed by atoms with Gasteiger partial charge >= 0.3 is 0 Å². The summed E-state index contributed by atoms with van der Waals surface area (Å²) < 4.78 is 0. The fourth-order valence-electron chi connectivity index (χ4n) is 0.259. The van der Waals surface area contributed by atoms with Crippen LogP contribution in [0.15, 0.2) is 0 Å². The van der Waals surface area contributed by atoms with Crippen molar-refractivity contribution < 1.29 is 4.79 Å². The normalized spacial score (nSPS) is 8.75. The first-order chi connectivity index (χ1) is 3.81. The summed E-state index contributed by atoms with van der Waals surface area (Å²) in [7, 11) is 0. The second-order valence-electron chi connectivity index (χ2n) is 1.27. The molecule has 0 heterocycles. The van der Waals surface area contributed by atoms with E-state index in [0.717, 1.165) is 0 Å². The maximum atomic E-state index is 10.3. The van der Waals surface area contributed by atoms with Crippen molar-refractivity contribution in [1.29, 1.82) is 0 Å². The van der Waals surface area contributed by atoms with Crippen LogP contribution in [-0.4, -0.2) is 24.9 Å². The molecule has 0 aliphatic carbocycles. The molecule has 0 aliphatic rings. The molecular formula is C4H9ClN2O. The molecule has 0 rings (SSSR count). The zero-order valence-electron chi connectivity index (χ0n) is 4.48. The van der Waals surface area contributed by atoms with Gasteiger partial charge < -0.3 is 11.1 Å². The minimum Gasteiger partial charge on any atom is -0.354 e. The predicted molar refractivity (Wildman–Crippen MR) is 32.8 cm³/mol. The van der Waals surface area contributed by atoms with E-state index in [9.17, 15) is 4.79 Å². The van der Waals surface area contributed by atoms with Crippen molar-refractivity contribution in [3.63, 3.8) is 0 Å². The van der Waals surface area contributed by atoms with Crippen molar-refractivity contribution >= 4 is 17.5 Å². The smallest absolute Gasteiger partial charge is 0.234 e. The van der Waals surface area contributed by atoms with E-state index >= 15 is 0 Å². The highest BCUT2D eigenvalue weighted by Gasteiger charge is 1.92. The van der Waals surface area contributed by atoms with Crippen LogP contribution in [0.1, 0.15) is 0 Å². The van der Waals surface area contributed by atoms with Gasteiger partial charge in [0, 0.05) is 13.1 Å². The second-order valence-corrected chi connectivity index (χ2v) is 1.54. The molecule has 3 N–H and O–H groups in total. The Morgan fingerprint density at radius 3 is 2.75 bits per heavy atom. The van der Waals surface area contributed by atoms with Gasteiger partial charge in [-0.1, -0.05) is 0 Å². The number of hydrogen-bond donors (Lipinski definition) is 2. The van der Waals surface area contributed by atoms with E-state index in [1.165, 1.54) is 0 Å². The summed E-state index contributed by atoms with van der Waals surface area (Å²) >= 11 is 5.13. The van der Waals surface area contributed by atoms with Gasteiger partial charge in [-0.15, -0.1) is 11.6 Å². The van der Waals surface area contributed by atoms with Crippen LogP contribution < -0.4 is 11.1 Å². The van der Waals surface area contributed by atoms with Crippen molar-refractivity contribution in [2.24, 2.45) is 5.73 Å². The lowest BCUT2D eigenvalue weighted by molar-refractivity contribution is -0.118. The molecule has 0 aliphatic heterocycles. The predicted octanol–water partition coefficient (Wildman–Crippen LogP) is -0.700. The molecule has 8 heavy (non-hydrogen) atoms. The van der Waals surface area contributed by atoms with E-state index < -0.39 is 0 Å². The Bertz CT molecular complexity index is 76.4. The SMILES string of the molecule is NCCNC(=O)CCl. The maximum absolute atomic E-state index is 10.3. The Hall–Kier alpha value is -0.280. The molecule has 0 fully saturated rings. The second kappa shape index (κ2) is 4.87. The summed E-state index contributed by atoms with van der Waals surface area (Å²) in [5.74, 6) is -0.155. The molecule has 0 radical (unpaired) electrons. The third-order valence-electron chi connectivity index (χ3n) is 0.588. The van der Waals surface area contributed by atoms with E-state index in [2.05, 4.69) is 5.32 Å². The van der Waals surface area contributed by atoms with Crippen molar-refractivity contribution in [1.82, 2.24) is 5.32 Å². The number of nitrogens with one attached hydrogen (secondary N) is 1. The summed E-state index contributed by atoms with van der Waals surface area (Å²) in [6.45, 7) is 0.966. The largest absolute Gasteiger partial charge is 0.354 e. The number of alkyl halides is 1. The Morgan fingerprint density at radius 2 is 2.38 bits per heavy atom. The molecular weight excluding hydrogens is 128 g/mol. The minimum atomic E-state index is -0.169. The van der Waals surface area contributed by atoms with Gasteiger partial charge in [0.25, 0.3) is 0 Å². The van der Waals surface area contributed by atoms with E-state index in [-0.39, 0.29) is 11.8 Å². The lowest BCUT2D eigenvalue weighted by Crippen LogP contribution is -2.29. The summed E-state index contributed by atoms with van der Waals surface area (Å²) in [5, 5.41) is 2.49. The van der Waals surface area contributed by atoms with Gasteiger partial charge in [-0.2, -0.15) is 0 Å². The van der Waals surface area contributed by atoms with Crippen LogP contribution in [0.2, 0.25) is 0 Å². The number of nitrogens with two attached hydrogens (primary N) is 1. The number of hydrogen-bond acceptors (Lipinski definition) is 2. The third kappa shape index (κ3) is 3.89. The van der Waals surface area contributed by atoms with Gasteiger partial charge in [0.2, 0.25) is 5.91 Å². The number of rotatable bonds is 3. The Kier molecular flexibility index (Phi) is 4.70. The van der Waals surface area contributed by atoms with Gasteiger partial charge in [-0.3, -0.25) is 4.79 Å². The van der Waals surface area contributed by atoms with E-state index in [4.69, 9.17) is 17.3 Å². The molecule has 0 atom stereocenters. The van der Waals surface area contributed by atoms with Crippen LogP contribution in [0.25, 0.3) is 0 Å². The molecule has 0 bridgehead atoms. The first kappa shape index (κ1) is 7.72. The van der Waals surface area contributed by atoms with Crippen LogP contribution in [0.4, 0.5) is 0 Å². The van der Waals surface area contributed by atoms with Crippen molar-refractivity contribution in [3.8, 4) is 0 Å². The highest BCUT2D eigenvalue weighted by Crippen LogP contribution is 1.70. The number of carbonyl (C=O) groups excluding carboxylic acids is 1. The zero-order chi connectivity index (χ0) is 6.41. The Balaban J connectivity index is 2.99. The standard InChI is InChI=1S/C4H9ClN2O/c5-3-4(8)7-2-1-6/h1-3,6H2,(H,7,8). The van der Waals surface area contributed by atoms with Gasteiger partial charge in [0.15, 0.2) is 0 Å². The van der Waals surface area contributed by atoms with Crippen molar-refractivity contribution in [3.05, 3.63) is 0 Å². The lowest BCUT2D eigenvalue weighted by Gasteiger charge is -1.96. The molecule has 0 aromatic carbocycles. The first-order valence-electron chi connectivity index (χ1n) is 2.34. The first-order valence-corrected chi connectivity index (χ1v) is 2.87. The molecule has 0 unspecified atom stereocenters. The highest BCUT2D eigenvalue weighted by molar-refractivity contribution is 6.27. The summed E-state index contributed by atoms with van der Waals surface area (Å²) in [6, 6.07) is 0. The molecule has 4 heteroatoms. The van der Waals surface area contributed by atoms with Crippen LogP contribution in [0.3, 0.4) is 0 Å². The monoisotopic (exact) mass is 136 g/mol. The number of halogens is 1. The van der Waals surface area contributed by atoms with Crippen molar-refractivity contribution in [2.45, 2.75) is 0 Å². The van der Waals surface area contributed by atoms with Crippen molar-refractivity contribution in [2.75, 3.05) is 19.0 Å². The molecule has 48 valence electrons. The van der Waals surface area contributed by atoms with Gasteiger partial charge in [0.1, 0.15) is 5.88 Å². The molecule has 0 aromatic heterocycles. The number of amides is 1. The maximum Gasteiger partial charge on any atom is 0.234 e. The Morgan fingerprint density at radius 1 is 1.75 bits per heavy atom. The van der Waals surface area contributed by atoms with E-state index in [1.54, 1.807) is 0 Å². The van der Waals surface area contributed by atoms with Crippen LogP contribution in [0, 0.1) is 0 Å². The van der Waals surface area contributed by atoms with Crippen LogP contribution in [0.5, 0.6) is 0 Å².